The van der Waals surface area contributed by atoms with E-state index in [1.54, 1.807) is 6.08 Å². The number of carbonyl (C=O) groups is 2. The van der Waals surface area contributed by atoms with E-state index in [-0.39, 0.29) is 11.8 Å². The maximum Gasteiger partial charge on any atom is 0.328 e. The van der Waals surface area contributed by atoms with Crippen LogP contribution in [0, 0.1) is 5.92 Å². The van der Waals surface area contributed by atoms with Crippen LogP contribution < -0.4 is 5.32 Å². The van der Waals surface area contributed by atoms with Crippen LogP contribution in [0.2, 0.25) is 0 Å². The lowest BCUT2D eigenvalue weighted by Gasteiger charge is -2.18. The molecule has 1 amide bonds. The molecule has 1 N–H and O–H groups in total. The molecule has 2 rings (SSSR count). The normalized spacial score (nSPS) is 12.7. The van der Waals surface area contributed by atoms with Gasteiger partial charge in [-0.3, -0.25) is 4.79 Å². The standard InChI is InChI=1S/C19H23NO4/c1-5-15-14(13-8-6-7-9-16(13)24-15)10-11-17(21)20-18(12(2)3)19(22)23-4/h6-12,18H,5H2,1-4H3,(H,20,21)/t18-/m0/s1. The van der Waals surface area contributed by atoms with Crippen molar-refractivity contribution in [3.8, 4) is 0 Å². The Balaban J connectivity index is 2.21. The third-order valence-electron chi connectivity index (χ3n) is 3.85. The summed E-state index contributed by atoms with van der Waals surface area (Å²) in [6.07, 6.45) is 3.89. The van der Waals surface area contributed by atoms with E-state index < -0.39 is 12.0 Å². The number of nitrogens with one attached hydrogen (secondary N) is 1. The molecule has 0 bridgehead atoms. The van der Waals surface area contributed by atoms with E-state index >= 15 is 0 Å². The number of furan rings is 1. The number of methoxy groups -OCH3 is 1. The van der Waals surface area contributed by atoms with Crippen LogP contribution in [0.15, 0.2) is 34.8 Å². The van der Waals surface area contributed by atoms with Crippen LogP contribution in [-0.4, -0.2) is 25.0 Å². The molecule has 1 aromatic carbocycles. The summed E-state index contributed by atoms with van der Waals surface area (Å²) in [6, 6.07) is 7.04. The number of ether oxygens (including phenoxy) is 1. The van der Waals surface area contributed by atoms with Crippen LogP contribution in [0.5, 0.6) is 0 Å². The van der Waals surface area contributed by atoms with Crippen LogP contribution in [0.3, 0.4) is 0 Å². The molecule has 24 heavy (non-hydrogen) atoms. The van der Waals surface area contributed by atoms with Crippen molar-refractivity contribution in [2.75, 3.05) is 7.11 Å². The zero-order chi connectivity index (χ0) is 17.7. The smallest absolute Gasteiger partial charge is 0.328 e. The molecule has 0 aliphatic carbocycles. The number of amides is 1. The van der Waals surface area contributed by atoms with E-state index in [2.05, 4.69) is 5.32 Å². The molecule has 0 saturated heterocycles. The first-order valence-corrected chi connectivity index (χ1v) is 8.04. The molecule has 5 nitrogen and oxygen atoms in total. The fourth-order valence-corrected chi connectivity index (χ4v) is 2.55. The molecule has 0 saturated carbocycles. The molecular formula is C19H23NO4. The number of fused-ring (bicyclic) bond motifs is 1. The molecule has 1 heterocycles. The average molecular weight is 329 g/mol. The van der Waals surface area contributed by atoms with Gasteiger partial charge in [0.15, 0.2) is 0 Å². The summed E-state index contributed by atoms with van der Waals surface area (Å²) < 4.78 is 10.5. The number of rotatable bonds is 6. The highest BCUT2D eigenvalue weighted by molar-refractivity contribution is 5.97. The number of esters is 1. The second-order valence-corrected chi connectivity index (χ2v) is 5.88. The lowest BCUT2D eigenvalue weighted by atomic mass is 10.0. The van der Waals surface area contributed by atoms with Crippen LogP contribution >= 0.6 is 0 Å². The first-order chi connectivity index (χ1) is 11.5. The number of hydrogen-bond acceptors (Lipinski definition) is 4. The minimum atomic E-state index is -0.668. The number of hydrogen-bond donors (Lipinski definition) is 1. The zero-order valence-electron chi connectivity index (χ0n) is 14.5. The van der Waals surface area contributed by atoms with Crippen LogP contribution in [0.4, 0.5) is 0 Å². The van der Waals surface area contributed by atoms with Crippen molar-refractivity contribution >= 4 is 28.9 Å². The minimum Gasteiger partial charge on any atom is -0.467 e. The van der Waals surface area contributed by atoms with Crippen LogP contribution in [-0.2, 0) is 20.7 Å². The van der Waals surface area contributed by atoms with E-state index in [4.69, 9.17) is 9.15 Å². The summed E-state index contributed by atoms with van der Waals surface area (Å²) >= 11 is 0. The van der Waals surface area contributed by atoms with Crippen molar-refractivity contribution in [1.82, 2.24) is 5.32 Å². The molecule has 1 atom stereocenters. The molecule has 0 unspecified atom stereocenters. The molecule has 0 spiro atoms. The largest absolute Gasteiger partial charge is 0.467 e. The van der Waals surface area contributed by atoms with Gasteiger partial charge in [0.25, 0.3) is 0 Å². The molecule has 128 valence electrons. The minimum absolute atomic E-state index is 0.0595. The van der Waals surface area contributed by atoms with Gasteiger partial charge in [-0.15, -0.1) is 0 Å². The summed E-state index contributed by atoms with van der Waals surface area (Å²) in [6.45, 7) is 5.70. The Morgan fingerprint density at radius 1 is 1.29 bits per heavy atom. The summed E-state index contributed by atoms with van der Waals surface area (Å²) in [4.78, 5) is 23.9. The Morgan fingerprint density at radius 2 is 2.00 bits per heavy atom. The first kappa shape index (κ1) is 17.8. The highest BCUT2D eigenvalue weighted by Gasteiger charge is 2.24. The van der Waals surface area contributed by atoms with Crippen molar-refractivity contribution < 1.29 is 18.7 Å². The molecule has 0 radical (unpaired) electrons. The lowest BCUT2D eigenvalue weighted by Crippen LogP contribution is -2.44. The third kappa shape index (κ3) is 3.85. The quantitative estimate of drug-likeness (QED) is 0.652. The van der Waals surface area contributed by atoms with Gasteiger partial charge in [-0.2, -0.15) is 0 Å². The number of para-hydroxylation sites is 1. The second kappa shape index (κ2) is 7.81. The second-order valence-electron chi connectivity index (χ2n) is 5.88. The monoisotopic (exact) mass is 329 g/mol. The van der Waals surface area contributed by atoms with E-state index in [0.717, 1.165) is 28.7 Å². The van der Waals surface area contributed by atoms with Gasteiger partial charge in [-0.1, -0.05) is 39.0 Å². The molecule has 5 heteroatoms. The molecule has 2 aromatic rings. The molecular weight excluding hydrogens is 306 g/mol. The summed E-state index contributed by atoms with van der Waals surface area (Å²) in [5, 5.41) is 3.65. The highest BCUT2D eigenvalue weighted by Crippen LogP contribution is 2.27. The van der Waals surface area contributed by atoms with Crippen molar-refractivity contribution in [3.05, 3.63) is 41.7 Å². The van der Waals surface area contributed by atoms with E-state index in [1.165, 1.54) is 13.2 Å². The van der Waals surface area contributed by atoms with Gasteiger partial charge in [0.1, 0.15) is 17.4 Å². The highest BCUT2D eigenvalue weighted by atomic mass is 16.5. The van der Waals surface area contributed by atoms with Gasteiger partial charge >= 0.3 is 5.97 Å². The van der Waals surface area contributed by atoms with Gasteiger partial charge in [-0.05, 0) is 18.1 Å². The Bertz CT molecular complexity index is 758. The molecule has 0 aliphatic heterocycles. The fourth-order valence-electron chi connectivity index (χ4n) is 2.55. The zero-order valence-corrected chi connectivity index (χ0v) is 14.5. The predicted octanol–water partition coefficient (Wildman–Crippen LogP) is 3.32. The Kier molecular flexibility index (Phi) is 5.79. The van der Waals surface area contributed by atoms with Gasteiger partial charge < -0.3 is 14.5 Å². The Morgan fingerprint density at radius 3 is 2.62 bits per heavy atom. The SMILES string of the molecule is CCc1oc2ccccc2c1C=CC(=O)N[C@H](C(=O)OC)C(C)C. The number of benzene rings is 1. The average Bonchev–Trinajstić information content (AvgIpc) is 2.94. The van der Waals surface area contributed by atoms with Crippen molar-refractivity contribution in [1.29, 1.82) is 0 Å². The summed E-state index contributed by atoms with van der Waals surface area (Å²) in [5.41, 5.74) is 1.69. The number of carbonyl (C=O) groups excluding carboxylic acids is 2. The van der Waals surface area contributed by atoms with Crippen molar-refractivity contribution in [2.24, 2.45) is 5.92 Å². The lowest BCUT2D eigenvalue weighted by molar-refractivity contribution is -0.145. The van der Waals surface area contributed by atoms with Crippen molar-refractivity contribution in [2.45, 2.75) is 33.2 Å². The topological polar surface area (TPSA) is 68.5 Å². The molecule has 0 fully saturated rings. The third-order valence-corrected chi connectivity index (χ3v) is 3.85. The van der Waals surface area contributed by atoms with E-state index in [9.17, 15) is 9.59 Å². The van der Waals surface area contributed by atoms with E-state index in [1.807, 2.05) is 45.0 Å². The van der Waals surface area contributed by atoms with Gasteiger partial charge in [0, 0.05) is 23.4 Å². The molecule has 0 aliphatic rings. The maximum atomic E-state index is 12.2. The van der Waals surface area contributed by atoms with Crippen LogP contribution in [0.1, 0.15) is 32.1 Å². The fraction of sp³-hybridized carbons (Fsp3) is 0.368. The number of aryl methyl sites for hydroxylation is 1. The van der Waals surface area contributed by atoms with Crippen LogP contribution in [0.25, 0.3) is 17.0 Å². The molecule has 1 aromatic heterocycles. The van der Waals surface area contributed by atoms with Gasteiger partial charge in [-0.25, -0.2) is 4.79 Å². The van der Waals surface area contributed by atoms with Crippen molar-refractivity contribution in [3.63, 3.8) is 0 Å². The first-order valence-electron chi connectivity index (χ1n) is 8.04. The van der Waals surface area contributed by atoms with Gasteiger partial charge in [0.2, 0.25) is 5.91 Å². The van der Waals surface area contributed by atoms with Gasteiger partial charge in [0.05, 0.1) is 7.11 Å². The predicted molar refractivity (Wildman–Crippen MR) is 93.4 cm³/mol. The summed E-state index contributed by atoms with van der Waals surface area (Å²) in [5.74, 6) is -0.0226. The van der Waals surface area contributed by atoms with E-state index in [0.29, 0.717) is 0 Å². The Hall–Kier alpha value is -2.56. The maximum absolute atomic E-state index is 12.2. The Labute approximate surface area is 141 Å². The summed E-state index contributed by atoms with van der Waals surface area (Å²) in [7, 11) is 1.31.